The van der Waals surface area contributed by atoms with Gasteiger partial charge in [-0.05, 0) is 28.7 Å². The topological polar surface area (TPSA) is 59.1 Å². The van der Waals surface area contributed by atoms with Crippen LogP contribution in [0.3, 0.4) is 0 Å². The zero-order valence-electron chi connectivity index (χ0n) is 17.9. The summed E-state index contributed by atoms with van der Waals surface area (Å²) in [5, 5.41) is 0. The molecule has 0 unspecified atom stereocenters. The first-order valence-electron chi connectivity index (χ1n) is 11.0. The maximum atomic E-state index is 12.4. The number of carbonyl (C=O) groups excluding carboxylic acids is 2. The number of amides is 2. The van der Waals surface area contributed by atoms with E-state index in [4.69, 9.17) is 9.47 Å². The highest BCUT2D eigenvalue weighted by atomic mass is 16.5. The number of benzene rings is 2. The first-order chi connectivity index (χ1) is 15.2. The number of rotatable bonds is 6. The number of carbonyl (C=O) groups is 2. The minimum Gasteiger partial charge on any atom is -0.378 e. The summed E-state index contributed by atoms with van der Waals surface area (Å²) in [5.74, 6) is 0.330. The van der Waals surface area contributed by atoms with Crippen molar-refractivity contribution < 1.29 is 19.1 Å². The fraction of sp³-hybridized carbons (Fsp3) is 0.440. The van der Waals surface area contributed by atoms with E-state index >= 15 is 0 Å². The summed E-state index contributed by atoms with van der Waals surface area (Å²) in [6.07, 6.45) is 1.70. The number of morpholine rings is 2. The summed E-state index contributed by atoms with van der Waals surface area (Å²) in [5.41, 5.74) is 4.49. The van der Waals surface area contributed by atoms with Crippen LogP contribution in [0.5, 0.6) is 0 Å². The number of nitrogens with zero attached hydrogens (tertiary/aromatic N) is 2. The van der Waals surface area contributed by atoms with Crippen LogP contribution in [0.2, 0.25) is 0 Å². The molecule has 0 saturated carbocycles. The molecule has 0 radical (unpaired) electrons. The Labute approximate surface area is 183 Å². The molecule has 31 heavy (non-hydrogen) atoms. The Morgan fingerprint density at radius 3 is 1.26 bits per heavy atom. The molecule has 2 aliphatic heterocycles. The van der Waals surface area contributed by atoms with Crippen LogP contribution in [0.1, 0.15) is 22.3 Å². The van der Waals surface area contributed by atoms with Crippen molar-refractivity contribution in [1.82, 2.24) is 9.80 Å². The molecular formula is C25H30N2O4. The Hall–Kier alpha value is -2.70. The number of ether oxygens (including phenoxy) is 2. The van der Waals surface area contributed by atoms with Crippen LogP contribution >= 0.6 is 0 Å². The van der Waals surface area contributed by atoms with Gasteiger partial charge in [0.1, 0.15) is 0 Å². The average molecular weight is 423 g/mol. The molecule has 0 N–H and O–H groups in total. The fourth-order valence-electron chi connectivity index (χ4n) is 3.98. The molecule has 2 amide bonds. The Bertz CT molecular complexity index is 794. The molecule has 6 heteroatoms. The van der Waals surface area contributed by atoms with Crippen LogP contribution in [-0.4, -0.2) is 74.2 Å². The first kappa shape index (κ1) is 21.5. The predicted molar refractivity (Wildman–Crippen MR) is 118 cm³/mol. The van der Waals surface area contributed by atoms with E-state index in [9.17, 15) is 9.59 Å². The zero-order chi connectivity index (χ0) is 21.5. The smallest absolute Gasteiger partial charge is 0.227 e. The van der Waals surface area contributed by atoms with Gasteiger partial charge in [-0.25, -0.2) is 0 Å². The quantitative estimate of drug-likeness (QED) is 0.715. The lowest BCUT2D eigenvalue weighted by molar-refractivity contribution is -0.135. The Morgan fingerprint density at radius 2 is 0.903 bits per heavy atom. The molecule has 164 valence electrons. The van der Waals surface area contributed by atoms with Gasteiger partial charge in [-0.1, -0.05) is 48.5 Å². The van der Waals surface area contributed by atoms with E-state index in [-0.39, 0.29) is 11.8 Å². The van der Waals surface area contributed by atoms with Crippen molar-refractivity contribution in [1.29, 1.82) is 0 Å². The third-order valence-corrected chi connectivity index (χ3v) is 5.89. The van der Waals surface area contributed by atoms with Gasteiger partial charge in [0.05, 0.1) is 39.3 Å². The van der Waals surface area contributed by atoms with E-state index in [2.05, 4.69) is 24.3 Å². The SMILES string of the molecule is O=C(Cc1ccc(Cc2ccc(CC(=O)N3CCOCC3)cc2)cc1)N1CCOCC1. The second kappa shape index (κ2) is 10.6. The van der Waals surface area contributed by atoms with Gasteiger partial charge in [0, 0.05) is 26.2 Å². The van der Waals surface area contributed by atoms with Gasteiger partial charge in [0.2, 0.25) is 11.8 Å². The lowest BCUT2D eigenvalue weighted by Crippen LogP contribution is -2.41. The van der Waals surface area contributed by atoms with Crippen LogP contribution in [0.4, 0.5) is 0 Å². The average Bonchev–Trinajstić information content (AvgIpc) is 2.82. The van der Waals surface area contributed by atoms with E-state index in [0.29, 0.717) is 65.4 Å². The number of hydrogen-bond acceptors (Lipinski definition) is 4. The summed E-state index contributed by atoms with van der Waals surface area (Å²) < 4.78 is 10.6. The summed E-state index contributed by atoms with van der Waals surface area (Å²) in [7, 11) is 0. The van der Waals surface area contributed by atoms with Crippen molar-refractivity contribution >= 4 is 11.8 Å². The third-order valence-electron chi connectivity index (χ3n) is 5.89. The lowest BCUT2D eigenvalue weighted by atomic mass is 10.0. The standard InChI is InChI=1S/C25H30N2O4/c28-24(26-9-13-30-14-10-26)18-22-5-1-20(2-6-22)17-21-3-7-23(8-4-21)19-25(29)27-11-15-31-16-12-27/h1-8H,9-19H2. The van der Waals surface area contributed by atoms with Crippen LogP contribution < -0.4 is 0 Å². The van der Waals surface area contributed by atoms with Crippen LogP contribution in [0, 0.1) is 0 Å². The molecule has 4 rings (SSSR count). The largest absolute Gasteiger partial charge is 0.378 e. The highest BCUT2D eigenvalue weighted by molar-refractivity contribution is 5.79. The third kappa shape index (κ3) is 6.15. The number of hydrogen-bond donors (Lipinski definition) is 0. The van der Waals surface area contributed by atoms with Gasteiger partial charge in [-0.15, -0.1) is 0 Å². The molecule has 2 heterocycles. The molecule has 2 aromatic rings. The van der Waals surface area contributed by atoms with Crippen molar-refractivity contribution in [2.75, 3.05) is 52.6 Å². The minimum atomic E-state index is 0.165. The predicted octanol–water partition coefficient (Wildman–Crippen LogP) is 2.08. The lowest BCUT2D eigenvalue weighted by Gasteiger charge is -2.27. The summed E-state index contributed by atoms with van der Waals surface area (Å²) in [6.45, 7) is 5.26. The van der Waals surface area contributed by atoms with Crippen LogP contribution in [0.25, 0.3) is 0 Å². The fourth-order valence-corrected chi connectivity index (χ4v) is 3.98. The molecule has 0 aromatic heterocycles. The van der Waals surface area contributed by atoms with E-state index in [1.165, 1.54) is 11.1 Å². The van der Waals surface area contributed by atoms with Crippen molar-refractivity contribution in [3.63, 3.8) is 0 Å². The van der Waals surface area contributed by atoms with Gasteiger partial charge in [-0.3, -0.25) is 9.59 Å². The maximum absolute atomic E-state index is 12.4. The second-order valence-electron chi connectivity index (χ2n) is 8.15. The highest BCUT2D eigenvalue weighted by Crippen LogP contribution is 2.14. The van der Waals surface area contributed by atoms with Gasteiger partial charge < -0.3 is 19.3 Å². The maximum Gasteiger partial charge on any atom is 0.227 e. The second-order valence-corrected chi connectivity index (χ2v) is 8.15. The van der Waals surface area contributed by atoms with Crippen molar-refractivity contribution in [3.8, 4) is 0 Å². The molecule has 0 spiro atoms. The van der Waals surface area contributed by atoms with Crippen molar-refractivity contribution in [3.05, 3.63) is 70.8 Å². The summed E-state index contributed by atoms with van der Waals surface area (Å²) in [6, 6.07) is 16.6. The van der Waals surface area contributed by atoms with Crippen molar-refractivity contribution in [2.24, 2.45) is 0 Å². The molecule has 0 atom stereocenters. The van der Waals surface area contributed by atoms with Gasteiger partial charge in [-0.2, -0.15) is 0 Å². The van der Waals surface area contributed by atoms with Crippen LogP contribution in [-0.2, 0) is 38.3 Å². The normalized spacial score (nSPS) is 16.9. The van der Waals surface area contributed by atoms with Gasteiger partial charge in [0.25, 0.3) is 0 Å². The minimum absolute atomic E-state index is 0.165. The van der Waals surface area contributed by atoms with E-state index in [1.54, 1.807) is 0 Å². The van der Waals surface area contributed by atoms with E-state index in [0.717, 1.165) is 17.5 Å². The molecule has 2 aromatic carbocycles. The molecule has 0 bridgehead atoms. The zero-order valence-corrected chi connectivity index (χ0v) is 17.9. The van der Waals surface area contributed by atoms with Gasteiger partial charge >= 0.3 is 0 Å². The molecule has 0 aliphatic carbocycles. The molecule has 2 fully saturated rings. The summed E-state index contributed by atoms with van der Waals surface area (Å²) in [4.78, 5) is 28.5. The van der Waals surface area contributed by atoms with Crippen LogP contribution in [0.15, 0.2) is 48.5 Å². The monoisotopic (exact) mass is 422 g/mol. The molecule has 6 nitrogen and oxygen atoms in total. The molecular weight excluding hydrogens is 392 g/mol. The summed E-state index contributed by atoms with van der Waals surface area (Å²) >= 11 is 0. The Balaban J connectivity index is 1.27. The van der Waals surface area contributed by atoms with Crippen molar-refractivity contribution in [2.45, 2.75) is 19.3 Å². The Morgan fingerprint density at radius 1 is 0.581 bits per heavy atom. The first-order valence-corrected chi connectivity index (χ1v) is 11.0. The molecule has 2 saturated heterocycles. The highest BCUT2D eigenvalue weighted by Gasteiger charge is 2.18. The van der Waals surface area contributed by atoms with E-state index in [1.807, 2.05) is 34.1 Å². The van der Waals surface area contributed by atoms with Gasteiger partial charge in [0.15, 0.2) is 0 Å². The Kier molecular flexibility index (Phi) is 7.33. The molecule has 2 aliphatic rings. The van der Waals surface area contributed by atoms with E-state index < -0.39 is 0 Å².